The number of alkyl halides is 2. The van der Waals surface area contributed by atoms with E-state index in [2.05, 4.69) is 22.3 Å². The van der Waals surface area contributed by atoms with Crippen molar-refractivity contribution < 1.29 is 18.3 Å². The highest BCUT2D eigenvalue weighted by atomic mass is 19.3. The normalized spacial score (nSPS) is 10.4. The fourth-order valence-corrected chi connectivity index (χ4v) is 2.00. The minimum Gasteiger partial charge on any atom is -0.433 e. The Bertz CT molecular complexity index is 645. The SMILES string of the molecule is CCc1ccc(NCC(=O)Nc2ccccc2OC(F)F)cc1. The molecule has 2 N–H and O–H groups in total. The van der Waals surface area contributed by atoms with Gasteiger partial charge < -0.3 is 15.4 Å². The Morgan fingerprint density at radius 1 is 1.13 bits per heavy atom. The molecule has 6 heteroatoms. The number of nitrogens with one attached hydrogen (secondary N) is 2. The van der Waals surface area contributed by atoms with Gasteiger partial charge in [-0.05, 0) is 36.2 Å². The van der Waals surface area contributed by atoms with Crippen molar-refractivity contribution in [3.05, 3.63) is 54.1 Å². The van der Waals surface area contributed by atoms with Crippen LogP contribution in [0.25, 0.3) is 0 Å². The van der Waals surface area contributed by atoms with E-state index in [0.29, 0.717) is 0 Å². The van der Waals surface area contributed by atoms with Crippen molar-refractivity contribution in [2.24, 2.45) is 0 Å². The Labute approximate surface area is 133 Å². The first-order chi connectivity index (χ1) is 11.1. The van der Waals surface area contributed by atoms with E-state index in [1.807, 2.05) is 24.3 Å². The molecule has 2 aromatic carbocycles. The van der Waals surface area contributed by atoms with Crippen LogP contribution in [0.1, 0.15) is 12.5 Å². The molecule has 1 amide bonds. The number of amides is 1. The van der Waals surface area contributed by atoms with Crippen LogP contribution < -0.4 is 15.4 Å². The average Bonchev–Trinajstić information content (AvgIpc) is 2.55. The minimum absolute atomic E-state index is 0.0223. The number of hydrogen-bond donors (Lipinski definition) is 2. The van der Waals surface area contributed by atoms with Gasteiger partial charge >= 0.3 is 6.61 Å². The number of carbonyl (C=O) groups excluding carboxylic acids is 1. The van der Waals surface area contributed by atoms with E-state index >= 15 is 0 Å². The summed E-state index contributed by atoms with van der Waals surface area (Å²) >= 11 is 0. The summed E-state index contributed by atoms with van der Waals surface area (Å²) in [5.41, 5.74) is 2.23. The summed E-state index contributed by atoms with van der Waals surface area (Å²) in [6.07, 6.45) is 0.946. The zero-order valence-electron chi connectivity index (χ0n) is 12.7. The molecule has 0 spiro atoms. The molecular weight excluding hydrogens is 302 g/mol. The summed E-state index contributed by atoms with van der Waals surface area (Å²) < 4.78 is 29.0. The van der Waals surface area contributed by atoms with Crippen molar-refractivity contribution in [1.82, 2.24) is 0 Å². The van der Waals surface area contributed by atoms with Crippen LogP contribution in [-0.2, 0) is 11.2 Å². The Balaban J connectivity index is 1.91. The summed E-state index contributed by atoms with van der Waals surface area (Å²) in [5.74, 6) is -0.418. The lowest BCUT2D eigenvalue weighted by atomic mass is 10.1. The molecular formula is C17H18F2N2O2. The van der Waals surface area contributed by atoms with Crippen LogP contribution >= 0.6 is 0 Å². The van der Waals surface area contributed by atoms with Gasteiger partial charge in [-0.3, -0.25) is 4.79 Å². The van der Waals surface area contributed by atoms with Gasteiger partial charge in [0.25, 0.3) is 0 Å². The van der Waals surface area contributed by atoms with Crippen LogP contribution in [0.15, 0.2) is 48.5 Å². The number of hydrogen-bond acceptors (Lipinski definition) is 3. The maximum absolute atomic E-state index is 12.3. The molecule has 0 aromatic heterocycles. The summed E-state index contributed by atoms with van der Waals surface area (Å²) in [5, 5.41) is 5.52. The molecule has 2 aromatic rings. The van der Waals surface area contributed by atoms with Crippen molar-refractivity contribution in [3.8, 4) is 5.75 Å². The van der Waals surface area contributed by atoms with Gasteiger partial charge in [-0.15, -0.1) is 0 Å². The molecule has 0 aliphatic heterocycles. The summed E-state index contributed by atoms with van der Waals surface area (Å²) in [6, 6.07) is 13.8. The molecule has 4 nitrogen and oxygen atoms in total. The lowest BCUT2D eigenvalue weighted by Crippen LogP contribution is -2.22. The van der Waals surface area contributed by atoms with Crippen molar-refractivity contribution >= 4 is 17.3 Å². The monoisotopic (exact) mass is 320 g/mol. The lowest BCUT2D eigenvalue weighted by molar-refractivity contribution is -0.114. The third-order valence-electron chi connectivity index (χ3n) is 3.19. The van der Waals surface area contributed by atoms with Gasteiger partial charge in [0, 0.05) is 5.69 Å². The van der Waals surface area contributed by atoms with Crippen LogP contribution in [0.5, 0.6) is 5.75 Å². The van der Waals surface area contributed by atoms with Gasteiger partial charge in [0.05, 0.1) is 12.2 Å². The molecule has 0 aliphatic carbocycles. The molecule has 23 heavy (non-hydrogen) atoms. The second kappa shape index (κ2) is 8.12. The highest BCUT2D eigenvalue weighted by Crippen LogP contribution is 2.25. The number of benzene rings is 2. The molecule has 0 atom stereocenters. The Morgan fingerprint density at radius 3 is 2.48 bits per heavy atom. The van der Waals surface area contributed by atoms with E-state index in [0.717, 1.165) is 12.1 Å². The molecule has 122 valence electrons. The molecule has 2 rings (SSSR count). The number of ether oxygens (including phenoxy) is 1. The third-order valence-corrected chi connectivity index (χ3v) is 3.19. The Kier molecular flexibility index (Phi) is 5.91. The smallest absolute Gasteiger partial charge is 0.387 e. The highest BCUT2D eigenvalue weighted by Gasteiger charge is 2.11. The van der Waals surface area contributed by atoms with Crippen molar-refractivity contribution in [1.29, 1.82) is 0 Å². The molecule has 0 bridgehead atoms. The number of carbonyl (C=O) groups is 1. The molecule has 0 saturated carbocycles. The molecule has 0 saturated heterocycles. The first-order valence-electron chi connectivity index (χ1n) is 7.25. The van der Waals surface area contributed by atoms with Crippen LogP contribution in [0.3, 0.4) is 0 Å². The second-order valence-electron chi connectivity index (χ2n) is 4.83. The maximum Gasteiger partial charge on any atom is 0.387 e. The van der Waals surface area contributed by atoms with E-state index in [4.69, 9.17) is 0 Å². The van der Waals surface area contributed by atoms with Gasteiger partial charge in [0.15, 0.2) is 0 Å². The molecule has 0 radical (unpaired) electrons. The van der Waals surface area contributed by atoms with Crippen LogP contribution in [0, 0.1) is 0 Å². The first kappa shape index (κ1) is 16.7. The summed E-state index contributed by atoms with van der Waals surface area (Å²) in [6.45, 7) is -0.855. The average molecular weight is 320 g/mol. The molecule has 0 heterocycles. The number of anilines is 2. The van der Waals surface area contributed by atoms with Crippen LogP contribution in [0.2, 0.25) is 0 Å². The fraction of sp³-hybridized carbons (Fsp3) is 0.235. The zero-order valence-corrected chi connectivity index (χ0v) is 12.7. The van der Waals surface area contributed by atoms with E-state index in [-0.39, 0.29) is 23.9 Å². The van der Waals surface area contributed by atoms with E-state index in [1.54, 1.807) is 12.1 Å². The van der Waals surface area contributed by atoms with Crippen molar-refractivity contribution in [2.45, 2.75) is 20.0 Å². The van der Waals surface area contributed by atoms with Crippen LogP contribution in [-0.4, -0.2) is 19.1 Å². The lowest BCUT2D eigenvalue weighted by Gasteiger charge is -2.12. The number of rotatable bonds is 7. The van der Waals surface area contributed by atoms with Gasteiger partial charge in [0.2, 0.25) is 5.91 Å². The number of halogens is 2. The van der Waals surface area contributed by atoms with Crippen molar-refractivity contribution in [2.75, 3.05) is 17.2 Å². The van der Waals surface area contributed by atoms with E-state index < -0.39 is 6.61 Å². The predicted molar refractivity (Wildman–Crippen MR) is 86.0 cm³/mol. The number of aryl methyl sites for hydroxylation is 1. The third kappa shape index (κ3) is 5.25. The predicted octanol–water partition coefficient (Wildman–Crippen LogP) is 3.90. The molecule has 0 aliphatic rings. The van der Waals surface area contributed by atoms with Gasteiger partial charge in [0.1, 0.15) is 5.75 Å². The highest BCUT2D eigenvalue weighted by molar-refractivity contribution is 5.95. The summed E-state index contributed by atoms with van der Waals surface area (Å²) in [7, 11) is 0. The van der Waals surface area contributed by atoms with E-state index in [9.17, 15) is 13.6 Å². The largest absolute Gasteiger partial charge is 0.433 e. The summed E-state index contributed by atoms with van der Waals surface area (Å²) in [4.78, 5) is 11.9. The van der Waals surface area contributed by atoms with Gasteiger partial charge in [-0.2, -0.15) is 8.78 Å². The standard InChI is InChI=1S/C17H18F2N2O2/c1-2-12-7-9-13(10-8-12)20-11-16(22)21-14-5-3-4-6-15(14)23-17(18)19/h3-10,17,20H,2,11H2,1H3,(H,21,22). The first-order valence-corrected chi connectivity index (χ1v) is 7.25. The van der Waals surface area contributed by atoms with Gasteiger partial charge in [-0.1, -0.05) is 31.2 Å². The second-order valence-corrected chi connectivity index (χ2v) is 4.83. The van der Waals surface area contributed by atoms with Crippen molar-refractivity contribution in [3.63, 3.8) is 0 Å². The Morgan fingerprint density at radius 2 is 1.83 bits per heavy atom. The quantitative estimate of drug-likeness (QED) is 0.813. The van der Waals surface area contributed by atoms with E-state index in [1.165, 1.54) is 17.7 Å². The van der Waals surface area contributed by atoms with Crippen LogP contribution in [0.4, 0.5) is 20.2 Å². The topological polar surface area (TPSA) is 50.4 Å². The van der Waals surface area contributed by atoms with Gasteiger partial charge in [-0.25, -0.2) is 0 Å². The number of para-hydroxylation sites is 2. The minimum atomic E-state index is -2.94. The maximum atomic E-state index is 12.3. The molecule has 0 unspecified atom stereocenters. The zero-order chi connectivity index (χ0) is 16.7. The molecule has 0 fully saturated rings. The Hall–Kier alpha value is -2.63. The fourth-order valence-electron chi connectivity index (χ4n) is 2.00.